The van der Waals surface area contributed by atoms with Crippen LogP contribution in [0, 0.1) is 5.82 Å². The van der Waals surface area contributed by atoms with Crippen LogP contribution in [0.5, 0.6) is 5.75 Å². The summed E-state index contributed by atoms with van der Waals surface area (Å²) in [5, 5.41) is 13.2. The number of methoxy groups -OCH3 is 1. The molecule has 1 aliphatic rings. The highest BCUT2D eigenvalue weighted by Gasteiger charge is 2.35. The van der Waals surface area contributed by atoms with Gasteiger partial charge in [0, 0.05) is 6.42 Å². The molecule has 0 bridgehead atoms. The summed E-state index contributed by atoms with van der Waals surface area (Å²) in [5.41, 5.74) is 2.00. The summed E-state index contributed by atoms with van der Waals surface area (Å²) in [6, 6.07) is 17.1. The van der Waals surface area contributed by atoms with Crippen molar-refractivity contribution in [2.75, 3.05) is 12.9 Å². The van der Waals surface area contributed by atoms with E-state index in [1.165, 1.54) is 11.1 Å². The van der Waals surface area contributed by atoms with Crippen molar-refractivity contribution in [3.05, 3.63) is 84.1 Å². The van der Waals surface area contributed by atoms with Gasteiger partial charge in [-0.05, 0) is 54.1 Å². The monoisotopic (exact) mass is 477 g/mol. The van der Waals surface area contributed by atoms with Gasteiger partial charge in [-0.25, -0.2) is 14.4 Å². The van der Waals surface area contributed by atoms with Crippen LogP contribution in [0.15, 0.2) is 81.6 Å². The summed E-state index contributed by atoms with van der Waals surface area (Å²) in [6.45, 7) is 0. The minimum atomic E-state index is -0.398. The van der Waals surface area contributed by atoms with Crippen LogP contribution < -0.4 is 4.74 Å². The second kappa shape index (κ2) is 9.52. The lowest BCUT2D eigenvalue weighted by atomic mass is 10.0. The summed E-state index contributed by atoms with van der Waals surface area (Å²) in [5.74, 6) is 1.16. The van der Waals surface area contributed by atoms with Crippen LogP contribution in [0.2, 0.25) is 0 Å². The quantitative estimate of drug-likeness (QED) is 0.388. The van der Waals surface area contributed by atoms with Crippen LogP contribution in [0.1, 0.15) is 23.8 Å². The fraction of sp³-hybridized carbons (Fsp3) is 0.167. The first-order chi connectivity index (χ1) is 16.6. The number of aromatic nitrogens is 3. The Morgan fingerprint density at radius 3 is 2.76 bits per heavy atom. The Balaban J connectivity index is 1.32. The maximum absolute atomic E-state index is 14.0. The van der Waals surface area contributed by atoms with Crippen LogP contribution in [0.4, 0.5) is 4.39 Å². The molecule has 0 unspecified atom stereocenters. The number of carbonyl (C=O) groups is 1. The van der Waals surface area contributed by atoms with Crippen LogP contribution in [0.3, 0.4) is 0 Å². The number of carbonyl (C=O) groups excluding carboxylic acids is 1. The Kier molecular flexibility index (Phi) is 6.13. The Morgan fingerprint density at radius 1 is 1.21 bits per heavy atom. The van der Waals surface area contributed by atoms with Gasteiger partial charge in [-0.2, -0.15) is 5.10 Å². The number of aromatic amines is 1. The van der Waals surface area contributed by atoms with Crippen molar-refractivity contribution in [2.24, 2.45) is 5.10 Å². The molecule has 2 aromatic carbocycles. The van der Waals surface area contributed by atoms with Crippen LogP contribution in [-0.2, 0) is 4.79 Å². The van der Waals surface area contributed by atoms with Crippen molar-refractivity contribution in [3.63, 3.8) is 0 Å². The highest BCUT2D eigenvalue weighted by Crippen LogP contribution is 2.34. The minimum Gasteiger partial charge on any atom is -0.497 e. The van der Waals surface area contributed by atoms with E-state index in [-0.39, 0.29) is 17.7 Å². The lowest BCUT2D eigenvalue weighted by molar-refractivity contribution is -0.130. The molecule has 4 aromatic rings. The molecule has 1 amide bonds. The number of hydrogen-bond acceptors (Lipinski definition) is 7. The van der Waals surface area contributed by atoms with Crippen LogP contribution in [0.25, 0.3) is 11.4 Å². The lowest BCUT2D eigenvalue weighted by Gasteiger charge is -2.19. The van der Waals surface area contributed by atoms with Gasteiger partial charge in [-0.15, -0.1) is 5.10 Å². The van der Waals surface area contributed by atoms with E-state index in [9.17, 15) is 9.18 Å². The van der Waals surface area contributed by atoms with Crippen LogP contribution >= 0.6 is 11.8 Å². The Morgan fingerprint density at radius 2 is 2.03 bits per heavy atom. The predicted octanol–water partition coefficient (Wildman–Crippen LogP) is 4.68. The van der Waals surface area contributed by atoms with Crippen molar-refractivity contribution in [2.45, 2.75) is 17.6 Å². The molecule has 5 rings (SSSR count). The first-order valence-corrected chi connectivity index (χ1v) is 11.5. The Hall–Kier alpha value is -3.92. The van der Waals surface area contributed by atoms with Gasteiger partial charge in [0.1, 0.15) is 23.4 Å². The van der Waals surface area contributed by atoms with E-state index in [0.29, 0.717) is 28.7 Å². The van der Waals surface area contributed by atoms with Gasteiger partial charge in [-0.1, -0.05) is 23.9 Å². The smallest absolute Gasteiger partial charge is 0.253 e. The molecule has 2 aromatic heterocycles. The van der Waals surface area contributed by atoms with E-state index in [2.05, 4.69) is 20.3 Å². The maximum atomic E-state index is 14.0. The van der Waals surface area contributed by atoms with Gasteiger partial charge >= 0.3 is 0 Å². The molecule has 10 heteroatoms. The molecule has 1 aliphatic heterocycles. The van der Waals surface area contributed by atoms with Crippen molar-refractivity contribution >= 4 is 23.4 Å². The number of ether oxygens (including phenoxy) is 1. The average Bonchev–Trinajstić information content (AvgIpc) is 3.63. The predicted molar refractivity (Wildman–Crippen MR) is 125 cm³/mol. The molecular formula is C24H20FN5O3S. The Labute approximate surface area is 198 Å². The summed E-state index contributed by atoms with van der Waals surface area (Å²) in [6.07, 6.45) is 2.10. The van der Waals surface area contributed by atoms with Crippen molar-refractivity contribution in [1.82, 2.24) is 20.2 Å². The second-order valence-electron chi connectivity index (χ2n) is 7.48. The van der Waals surface area contributed by atoms with E-state index < -0.39 is 5.82 Å². The number of hydrogen-bond donors (Lipinski definition) is 1. The number of amides is 1. The molecule has 0 spiro atoms. The number of furan rings is 1. The average molecular weight is 478 g/mol. The van der Waals surface area contributed by atoms with E-state index in [1.807, 2.05) is 30.3 Å². The summed E-state index contributed by atoms with van der Waals surface area (Å²) >= 11 is 1.15. The molecule has 8 nitrogen and oxygen atoms in total. The van der Waals surface area contributed by atoms with Crippen molar-refractivity contribution in [1.29, 1.82) is 0 Å². The molecule has 0 fully saturated rings. The molecule has 1 N–H and O–H groups in total. The molecule has 3 heterocycles. The van der Waals surface area contributed by atoms with E-state index in [1.54, 1.807) is 37.6 Å². The zero-order valence-electron chi connectivity index (χ0n) is 18.1. The third-order valence-electron chi connectivity index (χ3n) is 5.38. The number of rotatable bonds is 7. The summed E-state index contributed by atoms with van der Waals surface area (Å²) < 4.78 is 24.8. The number of nitrogens with zero attached hydrogens (tertiary/aromatic N) is 4. The largest absolute Gasteiger partial charge is 0.497 e. The molecule has 0 saturated heterocycles. The number of halogens is 1. The molecule has 1 atom stereocenters. The van der Waals surface area contributed by atoms with E-state index in [0.717, 1.165) is 28.8 Å². The number of thioether (sulfide) groups is 1. The van der Waals surface area contributed by atoms with Gasteiger partial charge in [0.15, 0.2) is 5.82 Å². The van der Waals surface area contributed by atoms with E-state index in [4.69, 9.17) is 9.15 Å². The lowest BCUT2D eigenvalue weighted by Crippen LogP contribution is -2.28. The van der Waals surface area contributed by atoms with E-state index >= 15 is 0 Å². The SMILES string of the molecule is COc1ccc(C2=NN(C(=O)CSc3n[nH]c(-c4ccccc4F)n3)[C@H](c3ccco3)C2)cc1. The highest BCUT2D eigenvalue weighted by atomic mass is 32.2. The minimum absolute atomic E-state index is 0.0607. The van der Waals surface area contributed by atoms with Crippen LogP contribution in [-0.4, -0.2) is 44.7 Å². The molecule has 0 saturated carbocycles. The fourth-order valence-electron chi connectivity index (χ4n) is 3.68. The molecule has 34 heavy (non-hydrogen) atoms. The second-order valence-corrected chi connectivity index (χ2v) is 8.43. The zero-order valence-corrected chi connectivity index (χ0v) is 19.0. The third-order valence-corrected chi connectivity index (χ3v) is 6.21. The topological polar surface area (TPSA) is 96.6 Å². The fourth-order valence-corrected chi connectivity index (χ4v) is 4.33. The zero-order chi connectivity index (χ0) is 23.5. The van der Waals surface area contributed by atoms with Gasteiger partial charge in [0.25, 0.3) is 5.91 Å². The first-order valence-electron chi connectivity index (χ1n) is 10.5. The van der Waals surface area contributed by atoms with Crippen molar-refractivity contribution < 1.29 is 18.3 Å². The standard InChI is InChI=1S/C24H20FN5O3S/c1-32-16-10-8-15(9-11-16)19-13-20(21-7-4-12-33-21)30(29-19)22(31)14-34-24-26-23(27-28-24)17-5-2-3-6-18(17)25/h2-12,20H,13-14H2,1H3,(H,26,27,28)/t20-/m0/s1. The molecule has 172 valence electrons. The normalized spacial score (nSPS) is 15.4. The summed E-state index contributed by atoms with van der Waals surface area (Å²) in [7, 11) is 1.61. The third kappa shape index (κ3) is 4.44. The number of benzene rings is 2. The number of nitrogens with one attached hydrogen (secondary N) is 1. The van der Waals surface area contributed by atoms with Gasteiger partial charge in [0.05, 0.1) is 30.4 Å². The van der Waals surface area contributed by atoms with Gasteiger partial charge in [0.2, 0.25) is 5.16 Å². The molecule has 0 radical (unpaired) electrons. The summed E-state index contributed by atoms with van der Waals surface area (Å²) in [4.78, 5) is 17.5. The maximum Gasteiger partial charge on any atom is 0.253 e. The molecule has 0 aliphatic carbocycles. The number of H-pyrrole nitrogens is 1. The van der Waals surface area contributed by atoms with Crippen molar-refractivity contribution in [3.8, 4) is 17.1 Å². The van der Waals surface area contributed by atoms with Gasteiger partial charge < -0.3 is 9.15 Å². The highest BCUT2D eigenvalue weighted by molar-refractivity contribution is 7.99. The number of hydrazone groups is 1. The van der Waals surface area contributed by atoms with Gasteiger partial charge in [-0.3, -0.25) is 9.89 Å². The Bertz CT molecular complexity index is 1320. The molecular weight excluding hydrogens is 457 g/mol. The first kappa shape index (κ1) is 21.9.